The molecular formula is C28H29N5O3. The molecule has 0 fully saturated rings. The summed E-state index contributed by atoms with van der Waals surface area (Å²) in [7, 11) is 3.20. The van der Waals surface area contributed by atoms with Crippen molar-refractivity contribution >= 4 is 16.9 Å². The van der Waals surface area contributed by atoms with Crippen LogP contribution in [0.15, 0.2) is 72.8 Å². The van der Waals surface area contributed by atoms with Gasteiger partial charge < -0.3 is 30.6 Å². The lowest BCUT2D eigenvalue weighted by Crippen LogP contribution is -2.18. The number of anilines is 1. The molecule has 2 heterocycles. The Bertz CT molecular complexity index is 1440. The number of nitrogens with two attached hydrogens (primary N) is 1. The number of nitrogen functional groups attached to an aromatic ring is 1. The highest BCUT2D eigenvalue weighted by Crippen LogP contribution is 2.42. The van der Waals surface area contributed by atoms with Crippen LogP contribution in [0.2, 0.25) is 0 Å². The van der Waals surface area contributed by atoms with Crippen LogP contribution in [0, 0.1) is 0 Å². The van der Waals surface area contributed by atoms with Gasteiger partial charge in [0.2, 0.25) is 0 Å². The number of para-hydroxylation sites is 2. The van der Waals surface area contributed by atoms with Crippen molar-refractivity contribution in [2.75, 3.05) is 26.5 Å². The number of benzene rings is 3. The van der Waals surface area contributed by atoms with Crippen LogP contribution < -0.4 is 20.5 Å². The minimum absolute atomic E-state index is 0.0925. The van der Waals surface area contributed by atoms with Gasteiger partial charge >= 0.3 is 0 Å². The molecule has 2 aromatic heterocycles. The number of aromatic nitrogens is 3. The number of imidazole rings is 1. The monoisotopic (exact) mass is 483 g/mol. The predicted octanol–water partition coefficient (Wildman–Crippen LogP) is 4.66. The van der Waals surface area contributed by atoms with Crippen molar-refractivity contribution in [3.8, 4) is 34.3 Å². The van der Waals surface area contributed by atoms with Gasteiger partial charge in [0.15, 0.2) is 0 Å². The van der Waals surface area contributed by atoms with Gasteiger partial charge in [0.05, 0.1) is 36.6 Å². The third-order valence-corrected chi connectivity index (χ3v) is 6.21. The Morgan fingerprint density at radius 2 is 1.67 bits per heavy atom. The predicted molar refractivity (Wildman–Crippen MR) is 142 cm³/mol. The molecule has 0 atom stereocenters. The third kappa shape index (κ3) is 4.46. The first-order valence-electron chi connectivity index (χ1n) is 11.7. The molecule has 184 valence electrons. The van der Waals surface area contributed by atoms with E-state index in [1.165, 1.54) is 5.56 Å². The largest absolute Gasteiger partial charge is 0.505 e. The van der Waals surface area contributed by atoms with E-state index in [2.05, 4.69) is 27.4 Å². The van der Waals surface area contributed by atoms with Crippen molar-refractivity contribution < 1.29 is 14.6 Å². The fraction of sp³-hybridized carbons (Fsp3) is 0.179. The first kappa shape index (κ1) is 23.3. The number of fused-ring (bicyclic) bond motifs is 1. The van der Waals surface area contributed by atoms with Gasteiger partial charge in [-0.2, -0.15) is 0 Å². The standard InChI is InChI=1S/C28H29N5O3/c1-35-20-14-19(15-21(16-20)36-2)33-24(12-13-30-17-18-8-4-3-5-9-18)26(34)25(27(33)29)28-31-22-10-6-7-11-23(22)32-28/h3-11,14-16,30,34H,12-13,17,29H2,1-2H3,(H,31,32). The zero-order valence-corrected chi connectivity index (χ0v) is 20.3. The van der Waals surface area contributed by atoms with Crippen LogP contribution >= 0.6 is 0 Å². The van der Waals surface area contributed by atoms with Crippen LogP contribution in [0.1, 0.15) is 11.3 Å². The molecule has 5 aromatic rings. The highest BCUT2D eigenvalue weighted by atomic mass is 16.5. The average Bonchev–Trinajstić information content (AvgIpc) is 3.44. The number of ether oxygens (including phenoxy) is 2. The molecule has 0 unspecified atom stereocenters. The second-order valence-electron chi connectivity index (χ2n) is 8.48. The van der Waals surface area contributed by atoms with Crippen LogP contribution in [0.3, 0.4) is 0 Å². The lowest BCUT2D eigenvalue weighted by Gasteiger charge is -2.15. The van der Waals surface area contributed by atoms with Gasteiger partial charge in [0, 0.05) is 37.7 Å². The highest BCUT2D eigenvalue weighted by molar-refractivity contribution is 5.86. The number of rotatable bonds is 9. The fourth-order valence-corrected chi connectivity index (χ4v) is 4.42. The summed E-state index contributed by atoms with van der Waals surface area (Å²) in [4.78, 5) is 7.97. The summed E-state index contributed by atoms with van der Waals surface area (Å²) in [5, 5.41) is 14.9. The molecular weight excluding hydrogens is 454 g/mol. The van der Waals surface area contributed by atoms with Gasteiger partial charge in [0.25, 0.3) is 0 Å². The lowest BCUT2D eigenvalue weighted by atomic mass is 10.2. The normalized spacial score (nSPS) is 11.2. The van der Waals surface area contributed by atoms with E-state index in [1.54, 1.807) is 20.3 Å². The van der Waals surface area contributed by atoms with Crippen molar-refractivity contribution in [2.24, 2.45) is 0 Å². The molecule has 0 spiro atoms. The maximum absolute atomic E-state index is 11.4. The minimum atomic E-state index is 0.0925. The Kier molecular flexibility index (Phi) is 6.51. The molecule has 0 radical (unpaired) electrons. The maximum Gasteiger partial charge on any atom is 0.150 e. The summed E-state index contributed by atoms with van der Waals surface area (Å²) in [5.74, 6) is 2.22. The van der Waals surface area contributed by atoms with Gasteiger partial charge in [-0.05, 0) is 17.7 Å². The molecule has 0 bridgehead atoms. The zero-order valence-electron chi connectivity index (χ0n) is 20.3. The first-order valence-corrected chi connectivity index (χ1v) is 11.7. The second-order valence-corrected chi connectivity index (χ2v) is 8.48. The number of methoxy groups -OCH3 is 2. The number of hydrogen-bond donors (Lipinski definition) is 4. The Hall–Kier alpha value is -4.43. The molecule has 5 rings (SSSR count). The van der Waals surface area contributed by atoms with Crippen LogP contribution in [0.5, 0.6) is 17.2 Å². The van der Waals surface area contributed by atoms with Crippen molar-refractivity contribution in [2.45, 2.75) is 13.0 Å². The lowest BCUT2D eigenvalue weighted by molar-refractivity contribution is 0.394. The molecule has 8 nitrogen and oxygen atoms in total. The molecule has 3 aromatic carbocycles. The van der Waals surface area contributed by atoms with Crippen LogP contribution in [-0.2, 0) is 13.0 Å². The summed E-state index contributed by atoms with van der Waals surface area (Å²) in [6.45, 7) is 1.35. The summed E-state index contributed by atoms with van der Waals surface area (Å²) in [5.41, 5.74) is 11.4. The number of hydrogen-bond acceptors (Lipinski definition) is 6. The fourth-order valence-electron chi connectivity index (χ4n) is 4.42. The Morgan fingerprint density at radius 1 is 0.972 bits per heavy atom. The Balaban J connectivity index is 1.56. The summed E-state index contributed by atoms with van der Waals surface area (Å²) >= 11 is 0. The molecule has 0 aliphatic heterocycles. The van der Waals surface area contributed by atoms with E-state index < -0.39 is 0 Å². The zero-order chi connectivity index (χ0) is 25.1. The highest BCUT2D eigenvalue weighted by Gasteiger charge is 2.25. The number of nitrogens with one attached hydrogen (secondary N) is 2. The first-order chi connectivity index (χ1) is 17.6. The molecule has 0 amide bonds. The van der Waals surface area contributed by atoms with Crippen LogP contribution in [-0.4, -0.2) is 40.4 Å². The molecule has 0 saturated carbocycles. The van der Waals surface area contributed by atoms with Gasteiger partial charge in [-0.3, -0.25) is 4.57 Å². The van der Waals surface area contributed by atoms with E-state index in [-0.39, 0.29) is 5.75 Å². The van der Waals surface area contributed by atoms with Crippen molar-refractivity contribution in [1.29, 1.82) is 0 Å². The Labute approximate surface area is 209 Å². The van der Waals surface area contributed by atoms with Gasteiger partial charge in [-0.25, -0.2) is 4.98 Å². The van der Waals surface area contributed by atoms with Gasteiger partial charge in [-0.1, -0.05) is 42.5 Å². The topological polar surface area (TPSA) is 110 Å². The molecule has 0 aliphatic rings. The molecule has 8 heteroatoms. The van der Waals surface area contributed by atoms with Crippen LogP contribution in [0.25, 0.3) is 28.1 Å². The SMILES string of the molecule is COc1cc(OC)cc(-n2c(N)c(-c3nc4ccccc4[nH]3)c(O)c2CCNCc2ccccc2)c1. The summed E-state index contributed by atoms with van der Waals surface area (Å²) in [6.07, 6.45) is 0.530. The van der Waals surface area contributed by atoms with E-state index in [4.69, 9.17) is 15.2 Å². The molecule has 5 N–H and O–H groups in total. The van der Waals surface area contributed by atoms with E-state index in [0.717, 1.165) is 23.3 Å². The molecule has 36 heavy (non-hydrogen) atoms. The van der Waals surface area contributed by atoms with E-state index >= 15 is 0 Å². The summed E-state index contributed by atoms with van der Waals surface area (Å²) in [6, 6.07) is 23.4. The summed E-state index contributed by atoms with van der Waals surface area (Å²) < 4.78 is 12.8. The van der Waals surface area contributed by atoms with E-state index in [1.807, 2.05) is 59.2 Å². The smallest absolute Gasteiger partial charge is 0.150 e. The average molecular weight is 484 g/mol. The van der Waals surface area contributed by atoms with E-state index in [0.29, 0.717) is 47.4 Å². The molecule has 0 saturated heterocycles. The second kappa shape index (κ2) is 10.1. The van der Waals surface area contributed by atoms with Gasteiger partial charge in [0.1, 0.15) is 34.5 Å². The number of aromatic amines is 1. The minimum Gasteiger partial charge on any atom is -0.505 e. The molecule has 0 aliphatic carbocycles. The third-order valence-electron chi connectivity index (χ3n) is 6.21. The number of nitrogens with zero attached hydrogens (tertiary/aromatic N) is 2. The van der Waals surface area contributed by atoms with E-state index in [9.17, 15) is 5.11 Å². The van der Waals surface area contributed by atoms with Crippen molar-refractivity contribution in [3.63, 3.8) is 0 Å². The Morgan fingerprint density at radius 3 is 2.36 bits per heavy atom. The van der Waals surface area contributed by atoms with Crippen molar-refractivity contribution in [3.05, 3.63) is 84.1 Å². The van der Waals surface area contributed by atoms with Gasteiger partial charge in [-0.15, -0.1) is 0 Å². The van der Waals surface area contributed by atoms with Crippen molar-refractivity contribution in [1.82, 2.24) is 19.9 Å². The number of aromatic hydroxyl groups is 1. The van der Waals surface area contributed by atoms with Crippen LogP contribution in [0.4, 0.5) is 5.82 Å². The number of H-pyrrole nitrogens is 1. The maximum atomic E-state index is 11.4. The quantitative estimate of drug-likeness (QED) is 0.227.